The summed E-state index contributed by atoms with van der Waals surface area (Å²) in [6.45, 7) is 10.7. The Labute approximate surface area is 188 Å². The Morgan fingerprint density at radius 3 is 2.59 bits per heavy atom. The summed E-state index contributed by atoms with van der Waals surface area (Å²) in [5.74, 6) is -0.282. The highest BCUT2D eigenvalue weighted by atomic mass is 16.6. The van der Waals surface area contributed by atoms with Crippen molar-refractivity contribution in [2.45, 2.75) is 59.0 Å². The second-order valence-corrected chi connectivity index (χ2v) is 9.68. The highest BCUT2D eigenvalue weighted by Gasteiger charge is 2.51. The van der Waals surface area contributed by atoms with Gasteiger partial charge in [0.25, 0.3) is 5.69 Å². The average Bonchev–Trinajstić information content (AvgIpc) is 2.74. The van der Waals surface area contributed by atoms with Crippen LogP contribution in [0.3, 0.4) is 0 Å². The third-order valence-corrected chi connectivity index (χ3v) is 7.72. The fourth-order valence-corrected chi connectivity index (χ4v) is 5.62. The zero-order valence-corrected chi connectivity index (χ0v) is 18.8. The van der Waals surface area contributed by atoms with Crippen LogP contribution >= 0.6 is 0 Å². The Morgan fingerprint density at radius 2 is 1.94 bits per heavy atom. The Morgan fingerprint density at radius 1 is 1.25 bits per heavy atom. The van der Waals surface area contributed by atoms with E-state index in [1.54, 1.807) is 6.08 Å². The lowest BCUT2D eigenvalue weighted by Crippen LogP contribution is -2.46. The highest BCUT2D eigenvalue weighted by molar-refractivity contribution is 6.06. The van der Waals surface area contributed by atoms with Gasteiger partial charge < -0.3 is 4.74 Å². The van der Waals surface area contributed by atoms with Gasteiger partial charge in [-0.15, -0.1) is 0 Å². The first kappa shape index (κ1) is 22.2. The lowest BCUT2D eigenvalue weighted by molar-refractivity contribution is -0.384. The summed E-state index contributed by atoms with van der Waals surface area (Å²) in [6.07, 6.45) is 5.29. The number of allylic oxidation sites excluding steroid dienone is 4. The third kappa shape index (κ3) is 3.72. The molecule has 0 amide bonds. The Kier molecular flexibility index (Phi) is 5.65. The molecule has 4 atom stereocenters. The number of hydrogen-bond donors (Lipinski definition) is 0. The molecular formula is C26H29NO5. The first-order chi connectivity index (χ1) is 15.1. The monoisotopic (exact) mass is 435 g/mol. The van der Waals surface area contributed by atoms with E-state index < -0.39 is 17.0 Å². The van der Waals surface area contributed by atoms with Gasteiger partial charge in [0.2, 0.25) is 0 Å². The van der Waals surface area contributed by atoms with Gasteiger partial charge in [-0.1, -0.05) is 31.6 Å². The number of nitrogens with zero attached hydrogens (tertiary/aromatic N) is 1. The highest BCUT2D eigenvalue weighted by Crippen LogP contribution is 2.58. The second-order valence-electron chi connectivity index (χ2n) is 9.68. The lowest BCUT2D eigenvalue weighted by Gasteiger charge is -2.52. The van der Waals surface area contributed by atoms with E-state index in [1.807, 2.05) is 6.92 Å². The molecule has 1 aromatic carbocycles. The molecule has 1 fully saturated rings. The van der Waals surface area contributed by atoms with E-state index in [1.165, 1.54) is 24.3 Å². The fourth-order valence-electron chi connectivity index (χ4n) is 5.62. The number of ether oxygens (including phenoxy) is 1. The number of nitro benzene ring substituents is 1. The number of carbonyl (C=O) groups is 2. The van der Waals surface area contributed by atoms with Crippen molar-refractivity contribution in [3.8, 4) is 0 Å². The number of nitro groups is 1. The van der Waals surface area contributed by atoms with Crippen LogP contribution in [-0.2, 0) is 9.53 Å². The molecule has 0 saturated heterocycles. The van der Waals surface area contributed by atoms with Crippen molar-refractivity contribution in [2.75, 3.05) is 0 Å². The summed E-state index contributed by atoms with van der Waals surface area (Å²) in [7, 11) is 0. The minimum Gasteiger partial charge on any atom is -0.454 e. The number of hydrogen-bond acceptors (Lipinski definition) is 5. The Hall–Kier alpha value is -3.02. The lowest BCUT2D eigenvalue weighted by atomic mass is 9.53. The predicted octanol–water partition coefficient (Wildman–Crippen LogP) is 5.74. The average molecular weight is 436 g/mol. The van der Waals surface area contributed by atoms with Crippen molar-refractivity contribution < 1.29 is 19.2 Å². The molecule has 3 aliphatic rings. The molecule has 0 aromatic heterocycles. The molecule has 32 heavy (non-hydrogen) atoms. The SMILES string of the molecule is C=C1CC[C@]2(C)C3=C(C(=O)/C=C(/C)CC[C@@H]13)[C@H](OC(=O)c1ccc([N+](=O)[O-])cc1)C[C@H]2C. The minimum atomic E-state index is -0.640. The topological polar surface area (TPSA) is 86.5 Å². The Bertz CT molecular complexity index is 1060. The number of esters is 1. The maximum atomic E-state index is 13.4. The maximum absolute atomic E-state index is 13.4. The third-order valence-electron chi connectivity index (χ3n) is 7.72. The van der Waals surface area contributed by atoms with E-state index in [0.717, 1.165) is 42.4 Å². The fraction of sp³-hybridized carbons (Fsp3) is 0.462. The smallest absolute Gasteiger partial charge is 0.338 e. The zero-order valence-electron chi connectivity index (χ0n) is 18.8. The van der Waals surface area contributed by atoms with E-state index in [2.05, 4.69) is 20.4 Å². The van der Waals surface area contributed by atoms with Gasteiger partial charge in [0, 0.05) is 23.6 Å². The normalized spacial score (nSPS) is 31.7. The van der Waals surface area contributed by atoms with Gasteiger partial charge in [-0.2, -0.15) is 0 Å². The van der Waals surface area contributed by atoms with Crippen LogP contribution in [0.15, 0.2) is 59.2 Å². The first-order valence-electron chi connectivity index (χ1n) is 11.2. The summed E-state index contributed by atoms with van der Waals surface area (Å²) >= 11 is 0. The summed E-state index contributed by atoms with van der Waals surface area (Å²) in [6, 6.07) is 5.36. The van der Waals surface area contributed by atoms with E-state index in [-0.39, 0.29) is 34.3 Å². The van der Waals surface area contributed by atoms with Crippen LogP contribution < -0.4 is 0 Å². The van der Waals surface area contributed by atoms with Crippen LogP contribution in [0.4, 0.5) is 5.69 Å². The number of benzene rings is 1. The van der Waals surface area contributed by atoms with E-state index in [4.69, 9.17) is 4.74 Å². The van der Waals surface area contributed by atoms with Gasteiger partial charge in [0.05, 0.1) is 10.5 Å². The van der Waals surface area contributed by atoms with E-state index in [0.29, 0.717) is 12.0 Å². The van der Waals surface area contributed by atoms with Crippen molar-refractivity contribution >= 4 is 17.4 Å². The number of non-ortho nitro benzene ring substituents is 1. The minimum absolute atomic E-state index is 0.0727. The zero-order chi connectivity index (χ0) is 23.2. The molecule has 0 unspecified atom stereocenters. The summed E-state index contributed by atoms with van der Waals surface area (Å²) in [4.78, 5) is 36.7. The molecule has 4 rings (SSSR count). The van der Waals surface area contributed by atoms with Crippen LogP contribution in [0.25, 0.3) is 0 Å². The molecule has 1 saturated carbocycles. The van der Waals surface area contributed by atoms with Crippen molar-refractivity contribution in [2.24, 2.45) is 17.3 Å². The molecule has 0 spiro atoms. The standard InChI is InChI=1S/C26H29NO5/c1-15-5-10-20-16(2)11-12-26(4)17(3)14-22(23(24(20)26)21(28)13-15)32-25(29)18-6-8-19(9-7-18)27(30)31/h6-9,13,17,20,22H,2,5,10-12,14H2,1,3-4H3/b15-13-/t17-,20+,22-,26+/m1/s1. The van der Waals surface area contributed by atoms with E-state index >= 15 is 0 Å². The van der Waals surface area contributed by atoms with Crippen LogP contribution in [0.1, 0.15) is 63.2 Å². The molecule has 168 valence electrons. The summed E-state index contributed by atoms with van der Waals surface area (Å²) in [5.41, 5.74) is 3.94. The molecule has 6 nitrogen and oxygen atoms in total. The number of rotatable bonds is 3. The molecule has 0 radical (unpaired) electrons. The quantitative estimate of drug-likeness (QED) is 0.262. The second kappa shape index (κ2) is 8.15. The first-order valence-corrected chi connectivity index (χ1v) is 11.2. The molecule has 0 aliphatic heterocycles. The van der Waals surface area contributed by atoms with Crippen molar-refractivity contribution in [1.82, 2.24) is 0 Å². The largest absolute Gasteiger partial charge is 0.454 e. The van der Waals surface area contributed by atoms with Crippen LogP contribution in [-0.4, -0.2) is 22.8 Å². The molecule has 0 bridgehead atoms. The van der Waals surface area contributed by atoms with Crippen molar-refractivity contribution in [3.63, 3.8) is 0 Å². The van der Waals surface area contributed by atoms with Gasteiger partial charge in [-0.25, -0.2) is 4.79 Å². The van der Waals surface area contributed by atoms with Gasteiger partial charge in [-0.05, 0) is 74.1 Å². The van der Waals surface area contributed by atoms with Gasteiger partial charge in [0.15, 0.2) is 5.78 Å². The molecular weight excluding hydrogens is 406 g/mol. The number of carbonyl (C=O) groups excluding carboxylic acids is 2. The maximum Gasteiger partial charge on any atom is 0.338 e. The van der Waals surface area contributed by atoms with Gasteiger partial charge >= 0.3 is 5.97 Å². The van der Waals surface area contributed by atoms with Gasteiger partial charge in [-0.3, -0.25) is 14.9 Å². The summed E-state index contributed by atoms with van der Waals surface area (Å²) < 4.78 is 5.92. The van der Waals surface area contributed by atoms with Crippen molar-refractivity contribution in [1.29, 1.82) is 0 Å². The van der Waals surface area contributed by atoms with Crippen LogP contribution in [0, 0.1) is 27.4 Å². The molecule has 6 heteroatoms. The Balaban J connectivity index is 1.75. The van der Waals surface area contributed by atoms with Gasteiger partial charge in [0.1, 0.15) is 6.10 Å². The van der Waals surface area contributed by atoms with Crippen LogP contribution in [0.5, 0.6) is 0 Å². The van der Waals surface area contributed by atoms with Crippen LogP contribution in [0.2, 0.25) is 0 Å². The van der Waals surface area contributed by atoms with Crippen molar-refractivity contribution in [3.05, 3.63) is 74.9 Å². The molecule has 0 heterocycles. The van der Waals surface area contributed by atoms with E-state index in [9.17, 15) is 19.7 Å². The summed E-state index contributed by atoms with van der Waals surface area (Å²) in [5, 5.41) is 10.9. The molecule has 0 N–H and O–H groups in total. The molecule has 1 aromatic rings. The molecule has 3 aliphatic carbocycles. The number of ketones is 1. The predicted molar refractivity (Wildman–Crippen MR) is 121 cm³/mol.